The molecule has 1 saturated carbocycles. The number of amides is 2. The van der Waals surface area contributed by atoms with Gasteiger partial charge in [0.05, 0.1) is 17.7 Å². The van der Waals surface area contributed by atoms with Crippen molar-refractivity contribution in [3.05, 3.63) is 87.4 Å². The van der Waals surface area contributed by atoms with Gasteiger partial charge >= 0.3 is 0 Å². The third-order valence-electron chi connectivity index (χ3n) is 8.18. The number of hydrogen-bond donors (Lipinski definition) is 1. The highest BCUT2D eigenvalue weighted by molar-refractivity contribution is 7.92. The fourth-order valence-electron chi connectivity index (χ4n) is 5.64. The minimum atomic E-state index is -4.25. The molecule has 1 atom stereocenters. The van der Waals surface area contributed by atoms with Crippen molar-refractivity contribution < 1.29 is 22.7 Å². The van der Waals surface area contributed by atoms with Gasteiger partial charge in [-0.3, -0.25) is 13.9 Å². The number of ether oxygens (including phenoxy) is 1. The Kier molecular flexibility index (Phi) is 11.8. The summed E-state index contributed by atoms with van der Waals surface area (Å²) in [5.74, 6) is -0.548. The van der Waals surface area contributed by atoms with Gasteiger partial charge in [-0.15, -0.1) is 0 Å². The van der Waals surface area contributed by atoms with E-state index in [1.165, 1.54) is 24.1 Å². The molecule has 1 aliphatic carbocycles. The van der Waals surface area contributed by atoms with E-state index in [0.717, 1.165) is 47.5 Å². The van der Waals surface area contributed by atoms with Crippen LogP contribution >= 0.6 is 23.2 Å². The first-order chi connectivity index (χ1) is 21.4. The summed E-state index contributed by atoms with van der Waals surface area (Å²) in [5.41, 5.74) is 2.48. The van der Waals surface area contributed by atoms with Gasteiger partial charge in [0.15, 0.2) is 0 Å². The van der Waals surface area contributed by atoms with Crippen molar-refractivity contribution in [2.75, 3.05) is 18.0 Å². The SMILES string of the molecule is CCC(C(=O)NC1CCCCC1)N(Cc1ccc(Cl)cc1Cl)C(=O)CN(c1cc(C)ccc1OC)S(=O)(=O)c1ccc(C)cc1. The Labute approximate surface area is 276 Å². The van der Waals surface area contributed by atoms with Crippen LogP contribution in [0.25, 0.3) is 0 Å². The number of rotatable bonds is 12. The zero-order chi connectivity index (χ0) is 32.7. The van der Waals surface area contributed by atoms with Gasteiger partial charge in [0.2, 0.25) is 11.8 Å². The number of hydrogen-bond acceptors (Lipinski definition) is 5. The molecule has 0 heterocycles. The summed E-state index contributed by atoms with van der Waals surface area (Å²) in [6.45, 7) is 4.94. The van der Waals surface area contributed by atoms with Gasteiger partial charge in [-0.2, -0.15) is 0 Å². The second-order valence-corrected chi connectivity index (χ2v) is 14.2. The minimum Gasteiger partial charge on any atom is -0.495 e. The molecule has 2 amide bonds. The first-order valence-corrected chi connectivity index (χ1v) is 17.4. The average Bonchev–Trinajstić information content (AvgIpc) is 3.01. The fraction of sp³-hybridized carbons (Fsp3) is 0.412. The van der Waals surface area contributed by atoms with Gasteiger partial charge in [0, 0.05) is 22.6 Å². The molecule has 3 aromatic rings. The van der Waals surface area contributed by atoms with Crippen molar-refractivity contribution in [3.63, 3.8) is 0 Å². The lowest BCUT2D eigenvalue weighted by atomic mass is 9.95. The molecule has 0 aliphatic heterocycles. The highest BCUT2D eigenvalue weighted by atomic mass is 35.5. The van der Waals surface area contributed by atoms with E-state index in [9.17, 15) is 18.0 Å². The monoisotopic (exact) mass is 673 g/mol. The van der Waals surface area contributed by atoms with Crippen LogP contribution in [-0.4, -0.2) is 50.9 Å². The number of sulfonamides is 1. The number of nitrogens with one attached hydrogen (secondary N) is 1. The Morgan fingerprint density at radius 2 is 1.62 bits per heavy atom. The maximum Gasteiger partial charge on any atom is 0.264 e. The third-order valence-corrected chi connectivity index (χ3v) is 10.5. The van der Waals surface area contributed by atoms with Crippen LogP contribution in [0.2, 0.25) is 10.0 Å². The van der Waals surface area contributed by atoms with Gasteiger partial charge in [-0.1, -0.05) is 79.2 Å². The van der Waals surface area contributed by atoms with Gasteiger partial charge < -0.3 is 15.0 Å². The summed E-state index contributed by atoms with van der Waals surface area (Å²) in [6, 6.07) is 15.7. The molecule has 0 spiro atoms. The maximum absolute atomic E-state index is 14.5. The van der Waals surface area contributed by atoms with Crippen LogP contribution in [0.3, 0.4) is 0 Å². The van der Waals surface area contributed by atoms with E-state index in [1.54, 1.807) is 48.5 Å². The predicted octanol–water partition coefficient (Wildman–Crippen LogP) is 7.07. The van der Waals surface area contributed by atoms with Gasteiger partial charge in [0.25, 0.3) is 10.0 Å². The number of benzene rings is 3. The van der Waals surface area contributed by atoms with Crippen LogP contribution in [0.5, 0.6) is 5.75 Å². The fourth-order valence-corrected chi connectivity index (χ4v) is 7.53. The number of carbonyl (C=O) groups is 2. The van der Waals surface area contributed by atoms with E-state index in [-0.39, 0.29) is 29.1 Å². The third kappa shape index (κ3) is 8.51. The van der Waals surface area contributed by atoms with Gasteiger partial charge in [-0.25, -0.2) is 8.42 Å². The van der Waals surface area contributed by atoms with E-state index in [2.05, 4.69) is 5.32 Å². The molecule has 11 heteroatoms. The number of nitrogens with zero attached hydrogens (tertiary/aromatic N) is 2. The molecule has 0 aromatic heterocycles. The van der Waals surface area contributed by atoms with E-state index in [1.807, 2.05) is 20.8 Å². The molecule has 3 aromatic carbocycles. The highest BCUT2D eigenvalue weighted by Gasteiger charge is 2.35. The summed E-state index contributed by atoms with van der Waals surface area (Å²) >= 11 is 12.7. The Balaban J connectivity index is 1.78. The number of halogens is 2. The number of carbonyl (C=O) groups excluding carboxylic acids is 2. The Morgan fingerprint density at radius 3 is 2.24 bits per heavy atom. The van der Waals surface area contributed by atoms with Crippen molar-refractivity contribution in [1.82, 2.24) is 10.2 Å². The highest BCUT2D eigenvalue weighted by Crippen LogP contribution is 2.34. The second kappa shape index (κ2) is 15.3. The van der Waals surface area contributed by atoms with Crippen LogP contribution in [-0.2, 0) is 26.2 Å². The molecule has 1 aliphatic rings. The van der Waals surface area contributed by atoms with Crippen molar-refractivity contribution >= 4 is 50.7 Å². The van der Waals surface area contributed by atoms with Crippen molar-refractivity contribution in [2.24, 2.45) is 0 Å². The molecule has 0 bridgehead atoms. The molecule has 1 fully saturated rings. The van der Waals surface area contributed by atoms with Gasteiger partial charge in [-0.05, 0) is 80.6 Å². The lowest BCUT2D eigenvalue weighted by molar-refractivity contribution is -0.140. The average molecular weight is 675 g/mol. The van der Waals surface area contributed by atoms with Gasteiger partial charge in [0.1, 0.15) is 18.3 Å². The van der Waals surface area contributed by atoms with E-state index in [0.29, 0.717) is 27.8 Å². The first-order valence-electron chi connectivity index (χ1n) is 15.2. The van der Waals surface area contributed by atoms with Crippen molar-refractivity contribution in [1.29, 1.82) is 0 Å². The molecule has 242 valence electrons. The zero-order valence-corrected chi connectivity index (χ0v) is 28.5. The summed E-state index contributed by atoms with van der Waals surface area (Å²) in [7, 11) is -2.80. The second-order valence-electron chi connectivity index (χ2n) is 11.5. The molecule has 45 heavy (non-hydrogen) atoms. The molecule has 4 rings (SSSR count). The molecule has 1 unspecified atom stereocenters. The molecular formula is C34H41Cl2N3O5S. The van der Waals surface area contributed by atoms with Crippen LogP contribution < -0.4 is 14.4 Å². The Bertz CT molecular complexity index is 1610. The molecule has 8 nitrogen and oxygen atoms in total. The quantitative estimate of drug-likeness (QED) is 0.222. The number of methoxy groups -OCH3 is 1. The summed E-state index contributed by atoms with van der Waals surface area (Å²) in [4.78, 5) is 29.7. The lowest BCUT2D eigenvalue weighted by Crippen LogP contribution is -2.54. The Hall–Kier alpha value is -3.27. The Morgan fingerprint density at radius 1 is 0.956 bits per heavy atom. The zero-order valence-electron chi connectivity index (χ0n) is 26.2. The maximum atomic E-state index is 14.5. The predicted molar refractivity (Wildman–Crippen MR) is 180 cm³/mol. The topological polar surface area (TPSA) is 96.0 Å². The lowest BCUT2D eigenvalue weighted by Gasteiger charge is -2.35. The number of aryl methyl sites for hydroxylation is 2. The first kappa shape index (κ1) is 34.6. The minimum absolute atomic E-state index is 0.0190. The molecule has 1 N–H and O–H groups in total. The smallest absolute Gasteiger partial charge is 0.264 e. The van der Waals surface area contributed by atoms with E-state index in [4.69, 9.17) is 27.9 Å². The normalized spacial score (nSPS) is 14.4. The van der Waals surface area contributed by atoms with Crippen LogP contribution in [0, 0.1) is 13.8 Å². The summed E-state index contributed by atoms with van der Waals surface area (Å²) in [6.07, 6.45) is 5.29. The van der Waals surface area contributed by atoms with Crippen LogP contribution in [0.15, 0.2) is 65.6 Å². The van der Waals surface area contributed by atoms with Crippen LogP contribution in [0.4, 0.5) is 5.69 Å². The summed E-state index contributed by atoms with van der Waals surface area (Å²) < 4.78 is 35.1. The van der Waals surface area contributed by atoms with E-state index >= 15 is 0 Å². The van der Waals surface area contributed by atoms with Crippen LogP contribution in [0.1, 0.15) is 62.1 Å². The largest absolute Gasteiger partial charge is 0.495 e. The summed E-state index contributed by atoms with van der Waals surface area (Å²) in [5, 5.41) is 3.92. The van der Waals surface area contributed by atoms with Crippen molar-refractivity contribution in [2.45, 2.75) is 82.8 Å². The molecule has 0 radical (unpaired) electrons. The van der Waals surface area contributed by atoms with E-state index < -0.39 is 28.5 Å². The van der Waals surface area contributed by atoms with Crippen molar-refractivity contribution in [3.8, 4) is 5.75 Å². The molecular weight excluding hydrogens is 633 g/mol. The standard InChI is InChI=1S/C34H41Cl2N3O5S/c1-5-30(34(41)37-27-9-7-6-8-10-27)38(21-25-14-15-26(35)20-29(25)36)33(40)22-39(31-19-24(3)13-18-32(31)44-4)45(42,43)28-16-11-23(2)12-17-28/h11-20,27,30H,5-10,21-22H2,1-4H3,(H,37,41). The number of anilines is 1. The molecule has 0 saturated heterocycles.